The highest BCUT2D eigenvalue weighted by molar-refractivity contribution is 7.99. The number of H-pyrrole nitrogens is 1. The third kappa shape index (κ3) is 3.21. The highest BCUT2D eigenvalue weighted by Crippen LogP contribution is 2.32. The molecule has 0 radical (unpaired) electrons. The van der Waals surface area contributed by atoms with Gasteiger partial charge in [0.1, 0.15) is 17.2 Å². The molecule has 0 spiro atoms. The van der Waals surface area contributed by atoms with E-state index in [4.69, 9.17) is 16.5 Å². The third-order valence-electron chi connectivity index (χ3n) is 4.76. The van der Waals surface area contributed by atoms with E-state index in [0.29, 0.717) is 27.8 Å². The molecule has 1 aliphatic heterocycles. The Morgan fingerprint density at radius 2 is 2.00 bits per heavy atom. The molecule has 0 bridgehead atoms. The van der Waals surface area contributed by atoms with Gasteiger partial charge in [-0.15, -0.1) is 0 Å². The summed E-state index contributed by atoms with van der Waals surface area (Å²) < 4.78 is 0. The number of nitrogen functional groups attached to an aromatic ring is 1. The van der Waals surface area contributed by atoms with Crippen LogP contribution in [0.25, 0.3) is 22.2 Å². The highest BCUT2D eigenvalue weighted by atomic mass is 32.2. The lowest BCUT2D eigenvalue weighted by atomic mass is 10.1. The van der Waals surface area contributed by atoms with Crippen molar-refractivity contribution in [3.63, 3.8) is 0 Å². The molecule has 11 heteroatoms. The predicted octanol–water partition coefficient (Wildman–Crippen LogP) is 1.44. The lowest BCUT2D eigenvalue weighted by Gasteiger charge is -2.37. The van der Waals surface area contributed by atoms with Crippen molar-refractivity contribution in [1.82, 2.24) is 34.9 Å². The van der Waals surface area contributed by atoms with E-state index >= 15 is 0 Å². The van der Waals surface area contributed by atoms with Gasteiger partial charge in [-0.05, 0) is 24.8 Å². The molecule has 4 aromatic rings. The highest BCUT2D eigenvalue weighted by Gasteiger charge is 2.28. The van der Waals surface area contributed by atoms with Crippen LogP contribution in [0.2, 0.25) is 0 Å². The zero-order chi connectivity index (χ0) is 20.1. The zero-order valence-corrected chi connectivity index (χ0v) is 16.9. The van der Waals surface area contributed by atoms with Crippen LogP contribution in [-0.2, 0) is 6.42 Å². The molecule has 1 aliphatic rings. The van der Waals surface area contributed by atoms with Crippen molar-refractivity contribution >= 4 is 45.6 Å². The number of fused-ring (bicyclic) bond motifs is 2. The molecule has 4 aromatic heterocycles. The number of anilines is 2. The average molecular weight is 408 g/mol. The Morgan fingerprint density at radius 1 is 1.17 bits per heavy atom. The topological polar surface area (TPSA) is 148 Å². The number of pyridine rings is 1. The quantitative estimate of drug-likeness (QED) is 0.423. The Morgan fingerprint density at radius 3 is 2.76 bits per heavy atom. The van der Waals surface area contributed by atoms with Gasteiger partial charge in [-0.3, -0.25) is 0 Å². The van der Waals surface area contributed by atoms with E-state index in [0.717, 1.165) is 47.2 Å². The van der Waals surface area contributed by atoms with Crippen LogP contribution in [0.3, 0.4) is 0 Å². The molecule has 10 nitrogen and oxygen atoms in total. The summed E-state index contributed by atoms with van der Waals surface area (Å²) in [5.41, 5.74) is 14.7. The second kappa shape index (κ2) is 6.78. The number of rotatable bonds is 4. The van der Waals surface area contributed by atoms with Crippen molar-refractivity contribution in [3.05, 3.63) is 23.9 Å². The molecule has 5 rings (SSSR count). The molecule has 0 saturated carbocycles. The van der Waals surface area contributed by atoms with Gasteiger partial charge in [-0.25, -0.2) is 29.9 Å². The monoisotopic (exact) mass is 408 g/mol. The summed E-state index contributed by atoms with van der Waals surface area (Å²) in [5, 5.41) is 0.610. The van der Waals surface area contributed by atoms with E-state index in [9.17, 15) is 0 Å². The van der Waals surface area contributed by atoms with Crippen LogP contribution in [0.1, 0.15) is 18.6 Å². The average Bonchev–Trinajstić information content (AvgIpc) is 3.08. The summed E-state index contributed by atoms with van der Waals surface area (Å²) in [6.07, 6.45) is 2.53. The SMILES string of the molecule is CCc1nc2c(N3CC(N)C3)nc(Sc3cnc4c(N)nc(C)nc4c3)nc2[nH]1. The molecule has 5 heterocycles. The first kappa shape index (κ1) is 18.0. The number of nitrogens with zero attached hydrogens (tertiary/aromatic N) is 7. The number of aromatic amines is 1. The molecule has 5 N–H and O–H groups in total. The molecular weight excluding hydrogens is 388 g/mol. The maximum Gasteiger partial charge on any atom is 0.196 e. The van der Waals surface area contributed by atoms with E-state index in [1.807, 2.05) is 6.07 Å². The Balaban J connectivity index is 1.55. The summed E-state index contributed by atoms with van der Waals surface area (Å²) >= 11 is 1.42. The largest absolute Gasteiger partial charge is 0.382 e. The minimum atomic E-state index is 0.166. The van der Waals surface area contributed by atoms with Gasteiger partial charge in [-0.1, -0.05) is 6.92 Å². The summed E-state index contributed by atoms with van der Waals surface area (Å²) in [4.78, 5) is 33.4. The fourth-order valence-corrected chi connectivity index (χ4v) is 4.09. The van der Waals surface area contributed by atoms with Gasteiger partial charge in [0.15, 0.2) is 28.0 Å². The Labute approximate surface area is 170 Å². The number of hydrogen-bond acceptors (Lipinski definition) is 10. The normalized spacial score (nSPS) is 14.7. The van der Waals surface area contributed by atoms with Gasteiger partial charge in [0.05, 0.1) is 5.52 Å². The Kier molecular flexibility index (Phi) is 4.21. The number of nitrogens with one attached hydrogen (secondary N) is 1. The van der Waals surface area contributed by atoms with Gasteiger partial charge in [0.25, 0.3) is 0 Å². The van der Waals surface area contributed by atoms with Crippen molar-refractivity contribution < 1.29 is 0 Å². The van der Waals surface area contributed by atoms with Gasteiger partial charge < -0.3 is 21.4 Å². The molecule has 0 atom stereocenters. The smallest absolute Gasteiger partial charge is 0.196 e. The number of aryl methyl sites for hydroxylation is 2. The fraction of sp³-hybridized carbons (Fsp3) is 0.333. The second-order valence-corrected chi connectivity index (χ2v) is 8.07. The number of imidazole rings is 1. The van der Waals surface area contributed by atoms with E-state index in [1.165, 1.54) is 11.8 Å². The van der Waals surface area contributed by atoms with Crippen LogP contribution in [-0.4, -0.2) is 54.0 Å². The van der Waals surface area contributed by atoms with Gasteiger partial charge in [0, 0.05) is 36.6 Å². The van der Waals surface area contributed by atoms with E-state index < -0.39 is 0 Å². The molecule has 148 valence electrons. The minimum absolute atomic E-state index is 0.166. The van der Waals surface area contributed by atoms with Crippen LogP contribution in [0.15, 0.2) is 22.3 Å². The fourth-order valence-electron chi connectivity index (χ4n) is 3.34. The first-order valence-corrected chi connectivity index (χ1v) is 10.2. The van der Waals surface area contributed by atoms with E-state index in [1.54, 1.807) is 13.1 Å². The molecular formula is C18H20N10S. The summed E-state index contributed by atoms with van der Waals surface area (Å²) in [7, 11) is 0. The van der Waals surface area contributed by atoms with Crippen LogP contribution in [0.5, 0.6) is 0 Å². The lowest BCUT2D eigenvalue weighted by molar-refractivity contribution is 0.514. The van der Waals surface area contributed by atoms with Gasteiger partial charge in [0.2, 0.25) is 0 Å². The van der Waals surface area contributed by atoms with Gasteiger partial charge in [-0.2, -0.15) is 0 Å². The minimum Gasteiger partial charge on any atom is -0.382 e. The third-order valence-corrected chi connectivity index (χ3v) is 5.58. The number of hydrogen-bond donors (Lipinski definition) is 3. The van der Waals surface area contributed by atoms with Gasteiger partial charge >= 0.3 is 0 Å². The molecule has 0 aromatic carbocycles. The second-order valence-electron chi connectivity index (χ2n) is 7.03. The Hall–Kier alpha value is -3.05. The van der Waals surface area contributed by atoms with Crippen LogP contribution in [0, 0.1) is 6.92 Å². The molecule has 0 amide bonds. The molecule has 0 unspecified atom stereocenters. The first-order valence-electron chi connectivity index (χ1n) is 9.35. The van der Waals surface area contributed by atoms with Crippen LogP contribution < -0.4 is 16.4 Å². The summed E-state index contributed by atoms with van der Waals surface area (Å²) in [5.74, 6) is 2.68. The van der Waals surface area contributed by atoms with Crippen molar-refractivity contribution in [2.24, 2.45) is 5.73 Å². The van der Waals surface area contributed by atoms with Crippen molar-refractivity contribution in [2.45, 2.75) is 36.4 Å². The van der Waals surface area contributed by atoms with Crippen LogP contribution >= 0.6 is 11.8 Å². The van der Waals surface area contributed by atoms with Crippen molar-refractivity contribution in [3.8, 4) is 0 Å². The summed E-state index contributed by atoms with van der Waals surface area (Å²) in [6.45, 7) is 5.38. The van der Waals surface area contributed by atoms with E-state index in [2.05, 4.69) is 41.7 Å². The van der Waals surface area contributed by atoms with Crippen molar-refractivity contribution in [2.75, 3.05) is 23.7 Å². The van der Waals surface area contributed by atoms with Crippen molar-refractivity contribution in [1.29, 1.82) is 0 Å². The number of aromatic nitrogens is 7. The summed E-state index contributed by atoms with van der Waals surface area (Å²) in [6, 6.07) is 2.09. The zero-order valence-electron chi connectivity index (χ0n) is 16.0. The first-order chi connectivity index (χ1) is 14.0. The lowest BCUT2D eigenvalue weighted by Crippen LogP contribution is -2.56. The predicted molar refractivity (Wildman–Crippen MR) is 112 cm³/mol. The number of nitrogens with two attached hydrogens (primary N) is 2. The van der Waals surface area contributed by atoms with E-state index in [-0.39, 0.29) is 6.04 Å². The molecule has 29 heavy (non-hydrogen) atoms. The molecule has 1 saturated heterocycles. The molecule has 0 aliphatic carbocycles. The van der Waals surface area contributed by atoms with Crippen LogP contribution in [0.4, 0.5) is 11.6 Å². The Bertz CT molecular complexity index is 1230. The molecule has 1 fully saturated rings. The standard InChI is InChI=1S/C18H20N10S/c1-3-12-24-14-16(25-12)26-18(27-17(14)28-6-9(19)7-28)29-10-4-11-13(21-5-10)15(20)23-8(2)22-11/h4-5,9H,3,6-7,19H2,1-2H3,(H2,20,22,23)(H,24,25,26,27). The maximum absolute atomic E-state index is 5.97. The maximum atomic E-state index is 5.97.